The maximum atomic E-state index is 11.3. The predicted molar refractivity (Wildman–Crippen MR) is 76.0 cm³/mol. The number of esters is 1. The van der Waals surface area contributed by atoms with Gasteiger partial charge in [0.2, 0.25) is 0 Å². The van der Waals surface area contributed by atoms with Crippen molar-refractivity contribution in [2.75, 3.05) is 13.7 Å². The summed E-state index contributed by atoms with van der Waals surface area (Å²) in [5, 5.41) is 0. The van der Waals surface area contributed by atoms with Gasteiger partial charge in [-0.05, 0) is 17.5 Å². The van der Waals surface area contributed by atoms with Crippen molar-refractivity contribution >= 4 is 5.97 Å². The van der Waals surface area contributed by atoms with E-state index in [1.54, 1.807) is 0 Å². The third-order valence-electron chi connectivity index (χ3n) is 3.08. The molecule has 0 aliphatic carbocycles. The number of benzene rings is 1. The van der Waals surface area contributed by atoms with Crippen molar-refractivity contribution in [3.8, 4) is 0 Å². The Kier molecular flexibility index (Phi) is 7.91. The Bertz CT molecular complexity index is 374. The summed E-state index contributed by atoms with van der Waals surface area (Å²) < 4.78 is 10.4. The molecule has 0 fully saturated rings. The van der Waals surface area contributed by atoms with Gasteiger partial charge in [-0.1, -0.05) is 50.5 Å². The molecule has 0 radical (unpaired) electrons. The molecule has 0 atom stereocenters. The van der Waals surface area contributed by atoms with Gasteiger partial charge in [-0.25, -0.2) is 0 Å². The maximum Gasteiger partial charge on any atom is 0.309 e. The standard InChI is InChI=1S/C16H24O3/c1-3-4-5-8-11-19-13-15-10-7-6-9-14(15)12-16(17)18-2/h6-7,9-10H,3-5,8,11-13H2,1-2H3. The van der Waals surface area contributed by atoms with E-state index in [0.717, 1.165) is 24.2 Å². The Labute approximate surface area is 115 Å². The van der Waals surface area contributed by atoms with Crippen LogP contribution < -0.4 is 0 Å². The molecule has 0 N–H and O–H groups in total. The number of carbonyl (C=O) groups excluding carboxylic acids is 1. The van der Waals surface area contributed by atoms with Gasteiger partial charge >= 0.3 is 5.97 Å². The molecule has 1 aromatic rings. The van der Waals surface area contributed by atoms with Crippen LogP contribution in [0.15, 0.2) is 24.3 Å². The van der Waals surface area contributed by atoms with Crippen LogP contribution in [0.2, 0.25) is 0 Å². The van der Waals surface area contributed by atoms with Crippen molar-refractivity contribution in [1.29, 1.82) is 0 Å². The molecule has 0 aliphatic rings. The minimum absolute atomic E-state index is 0.213. The number of hydrogen-bond acceptors (Lipinski definition) is 3. The Hall–Kier alpha value is -1.35. The maximum absolute atomic E-state index is 11.3. The van der Waals surface area contributed by atoms with Crippen molar-refractivity contribution in [2.45, 2.75) is 45.6 Å². The molecule has 19 heavy (non-hydrogen) atoms. The molecule has 0 saturated carbocycles. The Morgan fingerprint density at radius 1 is 1.11 bits per heavy atom. The number of carbonyl (C=O) groups is 1. The lowest BCUT2D eigenvalue weighted by Gasteiger charge is -2.09. The van der Waals surface area contributed by atoms with E-state index in [0.29, 0.717) is 13.0 Å². The Morgan fingerprint density at radius 2 is 1.84 bits per heavy atom. The summed E-state index contributed by atoms with van der Waals surface area (Å²) >= 11 is 0. The summed E-state index contributed by atoms with van der Waals surface area (Å²) in [6, 6.07) is 7.86. The fraction of sp³-hybridized carbons (Fsp3) is 0.562. The van der Waals surface area contributed by atoms with Gasteiger partial charge in [0.1, 0.15) is 0 Å². The first kappa shape index (κ1) is 15.7. The normalized spacial score (nSPS) is 10.4. The van der Waals surface area contributed by atoms with Crippen molar-refractivity contribution < 1.29 is 14.3 Å². The van der Waals surface area contributed by atoms with Gasteiger partial charge in [-0.2, -0.15) is 0 Å². The van der Waals surface area contributed by atoms with Gasteiger partial charge in [0.05, 0.1) is 20.1 Å². The molecule has 3 heteroatoms. The highest BCUT2D eigenvalue weighted by molar-refractivity contribution is 5.72. The van der Waals surface area contributed by atoms with Gasteiger partial charge in [-0.15, -0.1) is 0 Å². The third kappa shape index (κ3) is 6.39. The lowest BCUT2D eigenvalue weighted by molar-refractivity contribution is -0.139. The highest BCUT2D eigenvalue weighted by atomic mass is 16.5. The molecule has 1 rings (SSSR count). The molecule has 1 aromatic carbocycles. The van der Waals surface area contributed by atoms with E-state index in [-0.39, 0.29) is 5.97 Å². The molecule has 106 valence electrons. The SMILES string of the molecule is CCCCCCOCc1ccccc1CC(=O)OC. The summed E-state index contributed by atoms with van der Waals surface area (Å²) in [5.41, 5.74) is 2.06. The Morgan fingerprint density at radius 3 is 2.53 bits per heavy atom. The summed E-state index contributed by atoms with van der Waals surface area (Å²) in [7, 11) is 1.41. The van der Waals surface area contributed by atoms with Crippen LogP contribution in [0.4, 0.5) is 0 Å². The van der Waals surface area contributed by atoms with E-state index < -0.39 is 0 Å². The number of rotatable bonds is 9. The van der Waals surface area contributed by atoms with Crippen LogP contribution >= 0.6 is 0 Å². The van der Waals surface area contributed by atoms with Gasteiger partial charge in [-0.3, -0.25) is 4.79 Å². The summed E-state index contributed by atoms with van der Waals surface area (Å²) in [6.45, 7) is 3.55. The monoisotopic (exact) mass is 264 g/mol. The lowest BCUT2D eigenvalue weighted by atomic mass is 10.1. The van der Waals surface area contributed by atoms with Crippen LogP contribution in [0.1, 0.15) is 43.7 Å². The van der Waals surface area contributed by atoms with E-state index in [1.807, 2.05) is 24.3 Å². The van der Waals surface area contributed by atoms with Crippen molar-refractivity contribution in [1.82, 2.24) is 0 Å². The number of hydrogen-bond donors (Lipinski definition) is 0. The highest BCUT2D eigenvalue weighted by Gasteiger charge is 2.07. The zero-order chi connectivity index (χ0) is 13.9. The first-order valence-electron chi connectivity index (χ1n) is 6.99. The average molecular weight is 264 g/mol. The molecule has 0 bridgehead atoms. The topological polar surface area (TPSA) is 35.5 Å². The molecule has 0 unspecified atom stereocenters. The zero-order valence-corrected chi connectivity index (χ0v) is 12.0. The van der Waals surface area contributed by atoms with E-state index >= 15 is 0 Å². The minimum atomic E-state index is -0.213. The molecule has 0 spiro atoms. The fourth-order valence-corrected chi connectivity index (χ4v) is 1.91. The van der Waals surface area contributed by atoms with E-state index in [9.17, 15) is 4.79 Å². The second kappa shape index (κ2) is 9.56. The largest absolute Gasteiger partial charge is 0.469 e. The van der Waals surface area contributed by atoms with Crippen LogP contribution in [0, 0.1) is 0 Å². The first-order valence-corrected chi connectivity index (χ1v) is 6.99. The quantitative estimate of drug-likeness (QED) is 0.506. The van der Waals surface area contributed by atoms with Crippen LogP contribution in [-0.2, 0) is 27.3 Å². The van der Waals surface area contributed by atoms with Crippen molar-refractivity contribution in [3.05, 3.63) is 35.4 Å². The van der Waals surface area contributed by atoms with E-state index in [4.69, 9.17) is 9.47 Å². The van der Waals surface area contributed by atoms with Crippen molar-refractivity contribution in [2.24, 2.45) is 0 Å². The molecule has 0 aliphatic heterocycles. The summed E-state index contributed by atoms with van der Waals surface area (Å²) in [4.78, 5) is 11.3. The lowest BCUT2D eigenvalue weighted by Crippen LogP contribution is -2.07. The molecule has 3 nitrogen and oxygen atoms in total. The molecule has 0 amide bonds. The van der Waals surface area contributed by atoms with Crippen LogP contribution in [0.3, 0.4) is 0 Å². The second-order valence-corrected chi connectivity index (χ2v) is 4.63. The molecule has 0 saturated heterocycles. The Balaban J connectivity index is 2.38. The van der Waals surface area contributed by atoms with Gasteiger partial charge in [0, 0.05) is 6.61 Å². The fourth-order valence-electron chi connectivity index (χ4n) is 1.91. The van der Waals surface area contributed by atoms with Crippen molar-refractivity contribution in [3.63, 3.8) is 0 Å². The van der Waals surface area contributed by atoms with E-state index in [1.165, 1.54) is 26.4 Å². The van der Waals surface area contributed by atoms with Gasteiger partial charge in [0.25, 0.3) is 0 Å². The third-order valence-corrected chi connectivity index (χ3v) is 3.08. The smallest absolute Gasteiger partial charge is 0.309 e. The summed E-state index contributed by atoms with van der Waals surface area (Å²) in [5.74, 6) is -0.213. The second-order valence-electron chi connectivity index (χ2n) is 4.63. The van der Waals surface area contributed by atoms with E-state index in [2.05, 4.69) is 6.92 Å². The zero-order valence-electron chi connectivity index (χ0n) is 12.0. The molecular formula is C16H24O3. The number of ether oxygens (including phenoxy) is 2. The van der Waals surface area contributed by atoms with Crippen LogP contribution in [-0.4, -0.2) is 19.7 Å². The van der Waals surface area contributed by atoms with Crippen LogP contribution in [0.25, 0.3) is 0 Å². The number of methoxy groups -OCH3 is 1. The summed E-state index contributed by atoms with van der Waals surface area (Å²) in [6.07, 6.45) is 5.14. The predicted octanol–water partition coefficient (Wildman–Crippen LogP) is 3.50. The molecule has 0 aromatic heterocycles. The first-order chi connectivity index (χ1) is 9.27. The van der Waals surface area contributed by atoms with Gasteiger partial charge in [0.15, 0.2) is 0 Å². The molecule has 0 heterocycles. The highest BCUT2D eigenvalue weighted by Crippen LogP contribution is 2.12. The average Bonchev–Trinajstić information content (AvgIpc) is 2.44. The number of unbranched alkanes of at least 4 members (excludes halogenated alkanes) is 3. The minimum Gasteiger partial charge on any atom is -0.469 e. The van der Waals surface area contributed by atoms with Crippen LogP contribution in [0.5, 0.6) is 0 Å². The molecular weight excluding hydrogens is 240 g/mol. The van der Waals surface area contributed by atoms with Gasteiger partial charge < -0.3 is 9.47 Å².